The lowest BCUT2D eigenvalue weighted by Crippen LogP contribution is -3.00. The van der Waals surface area contributed by atoms with Crippen molar-refractivity contribution < 1.29 is 21.7 Å². The number of hydrogen-bond donors (Lipinski definition) is 0. The normalized spacial score (nSPS) is 11.9. The van der Waals surface area contributed by atoms with Crippen molar-refractivity contribution in [2.45, 2.75) is 25.3 Å². The minimum atomic E-state index is -0.387. The maximum atomic E-state index is 6.62. The summed E-state index contributed by atoms with van der Waals surface area (Å²) in [5.41, 5.74) is 3.82. The molecule has 3 nitrogen and oxygen atoms in total. The average molecular weight is 688 g/mol. The largest absolute Gasteiger partial charge is 1.00 e. The molecule has 1 heterocycles. The fraction of sp³-hybridized carbons (Fsp3) is 0.129. The van der Waals surface area contributed by atoms with Gasteiger partial charge in [-0.25, -0.2) is 9.13 Å². The summed E-state index contributed by atoms with van der Waals surface area (Å²) in [6.07, 6.45) is 5.70. The number of aromatic nitrogens is 2. The van der Waals surface area contributed by atoms with Gasteiger partial charge in [-0.2, -0.15) is 0 Å². The standard InChI is InChI=1S/C31H23Cl6N2O.ClH/c32-23-6-1-20(2-7-23)31(21-3-8-24(33)9-4-21)39-14-13-38(19-39)17-30(27-12-11-26(35)16-29(27)37)40-18-22-5-10-25(34)15-28(22)36;/h1-16,19,30-31H,17-18H2;1H/q+1;/p-1/t30-;/m1./s1. The van der Waals surface area contributed by atoms with Crippen molar-refractivity contribution in [1.29, 1.82) is 0 Å². The van der Waals surface area contributed by atoms with Crippen LogP contribution in [0, 0.1) is 0 Å². The average Bonchev–Trinajstić information content (AvgIpc) is 3.38. The Hall–Kier alpha value is -1.92. The predicted molar refractivity (Wildman–Crippen MR) is 165 cm³/mol. The van der Waals surface area contributed by atoms with Crippen LogP contribution in [0.2, 0.25) is 30.1 Å². The molecule has 10 heteroatoms. The fourth-order valence-corrected chi connectivity index (χ4v) is 5.77. The second-order valence-corrected chi connectivity index (χ2v) is 11.8. The van der Waals surface area contributed by atoms with Crippen LogP contribution in [-0.2, 0) is 17.9 Å². The number of nitrogens with zero attached hydrogens (tertiary/aromatic N) is 2. The summed E-state index contributed by atoms with van der Waals surface area (Å²) in [4.78, 5) is 0. The molecule has 0 aliphatic rings. The molecule has 212 valence electrons. The third kappa shape index (κ3) is 8.13. The maximum Gasteiger partial charge on any atom is 0.244 e. The summed E-state index contributed by atoms with van der Waals surface area (Å²) in [5, 5.41) is 3.56. The Bertz CT molecular complexity index is 1560. The molecule has 1 aromatic heterocycles. The molecule has 0 saturated heterocycles. The van der Waals surface area contributed by atoms with Crippen molar-refractivity contribution >= 4 is 69.6 Å². The minimum Gasteiger partial charge on any atom is -1.00 e. The van der Waals surface area contributed by atoms with E-state index >= 15 is 0 Å². The van der Waals surface area contributed by atoms with E-state index in [2.05, 4.69) is 9.13 Å². The molecule has 0 saturated carbocycles. The Morgan fingerprint density at radius 2 is 1.20 bits per heavy atom. The van der Waals surface area contributed by atoms with Crippen LogP contribution in [0.1, 0.15) is 34.4 Å². The van der Waals surface area contributed by atoms with Gasteiger partial charge in [-0.15, -0.1) is 0 Å². The molecule has 0 bridgehead atoms. The molecule has 5 aromatic rings. The van der Waals surface area contributed by atoms with Gasteiger partial charge in [-0.1, -0.05) is 106 Å². The highest BCUT2D eigenvalue weighted by Crippen LogP contribution is 2.32. The molecule has 0 N–H and O–H groups in total. The van der Waals surface area contributed by atoms with Gasteiger partial charge in [-0.05, 0) is 54.1 Å². The predicted octanol–water partition coefficient (Wildman–Crippen LogP) is 7.30. The molecule has 41 heavy (non-hydrogen) atoms. The smallest absolute Gasteiger partial charge is 0.244 e. The van der Waals surface area contributed by atoms with Crippen molar-refractivity contribution in [3.8, 4) is 0 Å². The lowest BCUT2D eigenvalue weighted by molar-refractivity contribution is -0.705. The molecule has 0 amide bonds. The second kappa shape index (κ2) is 14.5. The third-order valence-electron chi connectivity index (χ3n) is 6.52. The molecule has 4 aromatic carbocycles. The first-order chi connectivity index (χ1) is 19.3. The van der Waals surface area contributed by atoms with E-state index < -0.39 is 0 Å². The number of hydrogen-bond acceptors (Lipinski definition) is 1. The Labute approximate surface area is 275 Å². The zero-order valence-electron chi connectivity index (χ0n) is 21.3. The van der Waals surface area contributed by atoms with E-state index in [4.69, 9.17) is 74.3 Å². The highest BCUT2D eigenvalue weighted by atomic mass is 35.5. The van der Waals surface area contributed by atoms with Crippen molar-refractivity contribution in [2.24, 2.45) is 0 Å². The first-order valence-electron chi connectivity index (χ1n) is 12.3. The molecule has 0 aliphatic heterocycles. The molecule has 0 radical (unpaired) electrons. The van der Waals surface area contributed by atoms with Crippen LogP contribution in [-0.4, -0.2) is 4.57 Å². The minimum absolute atomic E-state index is 0. The Kier molecular flexibility index (Phi) is 11.3. The van der Waals surface area contributed by atoms with Crippen LogP contribution in [0.25, 0.3) is 0 Å². The number of rotatable bonds is 9. The van der Waals surface area contributed by atoms with Gasteiger partial charge in [0.15, 0.2) is 6.04 Å². The molecule has 0 fully saturated rings. The van der Waals surface area contributed by atoms with Crippen molar-refractivity contribution in [3.05, 3.63) is 156 Å². The van der Waals surface area contributed by atoms with Gasteiger partial charge < -0.3 is 17.1 Å². The highest BCUT2D eigenvalue weighted by molar-refractivity contribution is 6.35. The molecule has 0 aliphatic carbocycles. The molecule has 0 spiro atoms. The highest BCUT2D eigenvalue weighted by Gasteiger charge is 2.25. The van der Waals surface area contributed by atoms with Crippen LogP contribution in [0.5, 0.6) is 0 Å². The summed E-state index contributed by atoms with van der Waals surface area (Å²) < 4.78 is 10.6. The lowest BCUT2D eigenvalue weighted by atomic mass is 9.98. The van der Waals surface area contributed by atoms with Crippen LogP contribution in [0.3, 0.4) is 0 Å². The first kappa shape index (κ1) is 32.0. The van der Waals surface area contributed by atoms with Crippen LogP contribution < -0.4 is 17.0 Å². The second-order valence-electron chi connectivity index (χ2n) is 9.26. The molecule has 5 rings (SSSR count). The van der Waals surface area contributed by atoms with Gasteiger partial charge in [0.25, 0.3) is 0 Å². The van der Waals surface area contributed by atoms with Crippen molar-refractivity contribution in [3.63, 3.8) is 0 Å². The molecule has 0 unspecified atom stereocenters. The molecular weight excluding hydrogens is 665 g/mol. The topological polar surface area (TPSA) is 18.0 Å². The summed E-state index contributed by atoms with van der Waals surface area (Å²) in [7, 11) is 0. The van der Waals surface area contributed by atoms with E-state index in [1.165, 1.54) is 0 Å². The molecule has 1 atom stereocenters. The van der Waals surface area contributed by atoms with Gasteiger partial charge in [0.1, 0.15) is 25.0 Å². The Balaban J connectivity index is 0.00000387. The monoisotopic (exact) mass is 684 g/mol. The van der Waals surface area contributed by atoms with E-state index in [0.29, 0.717) is 36.7 Å². The van der Waals surface area contributed by atoms with Crippen LogP contribution >= 0.6 is 69.6 Å². The fourth-order valence-electron chi connectivity index (χ4n) is 4.52. The number of benzene rings is 4. The lowest BCUT2D eigenvalue weighted by Gasteiger charge is -2.19. The first-order valence-corrected chi connectivity index (χ1v) is 14.6. The number of ether oxygens (including phenoxy) is 1. The van der Waals surface area contributed by atoms with E-state index in [-0.39, 0.29) is 31.2 Å². The quantitative estimate of drug-likeness (QED) is 0.149. The van der Waals surface area contributed by atoms with Gasteiger partial charge in [0.2, 0.25) is 6.33 Å². The summed E-state index contributed by atoms with van der Waals surface area (Å²) in [5.74, 6) is 0. The van der Waals surface area contributed by atoms with Gasteiger partial charge >= 0.3 is 0 Å². The van der Waals surface area contributed by atoms with Gasteiger partial charge in [0.05, 0.1) is 6.61 Å². The van der Waals surface area contributed by atoms with E-state index in [9.17, 15) is 0 Å². The molecular formula is C31H23Cl7N2O. The summed E-state index contributed by atoms with van der Waals surface area (Å²) in [6.45, 7) is 0.770. The summed E-state index contributed by atoms with van der Waals surface area (Å²) >= 11 is 37.7. The zero-order chi connectivity index (χ0) is 28.2. The number of imidazole rings is 1. The number of halogens is 7. The van der Waals surface area contributed by atoms with E-state index in [0.717, 1.165) is 22.3 Å². The van der Waals surface area contributed by atoms with E-state index in [1.54, 1.807) is 24.3 Å². The van der Waals surface area contributed by atoms with Crippen LogP contribution in [0.4, 0.5) is 0 Å². The van der Waals surface area contributed by atoms with Crippen LogP contribution in [0.15, 0.2) is 104 Å². The van der Waals surface area contributed by atoms with Gasteiger partial charge in [-0.3, -0.25) is 0 Å². The Morgan fingerprint density at radius 1 is 0.659 bits per heavy atom. The van der Waals surface area contributed by atoms with Crippen molar-refractivity contribution in [2.75, 3.05) is 0 Å². The van der Waals surface area contributed by atoms with Crippen molar-refractivity contribution in [1.82, 2.24) is 4.57 Å². The Morgan fingerprint density at radius 3 is 1.76 bits per heavy atom. The summed E-state index contributed by atoms with van der Waals surface area (Å²) in [6, 6.07) is 26.4. The maximum absolute atomic E-state index is 6.62. The SMILES string of the molecule is Clc1ccc(C(c2ccc(Cl)cc2)n2cc[n+](C[C@@H](OCc3ccc(Cl)cc3Cl)c3ccc(Cl)cc3Cl)c2)cc1.[Cl-]. The van der Waals surface area contributed by atoms with E-state index in [1.807, 2.05) is 79.4 Å². The van der Waals surface area contributed by atoms with Gasteiger partial charge in [0, 0.05) is 46.8 Å². The third-order valence-corrected chi connectivity index (χ3v) is 8.18. The zero-order valence-corrected chi connectivity index (χ0v) is 26.6.